The SMILES string of the molecule is C[C@@H]1CCC[NH+](CC(=O)Nc2ccc(S(=O)(=O)N(C)Cc3ccccc3)cc2)C1. The van der Waals surface area contributed by atoms with Crippen LogP contribution < -0.4 is 10.2 Å². The average Bonchev–Trinajstić information content (AvgIpc) is 2.69. The number of amides is 1. The van der Waals surface area contributed by atoms with Gasteiger partial charge in [-0.15, -0.1) is 0 Å². The molecular formula is C22H30N3O3S+. The van der Waals surface area contributed by atoms with E-state index in [1.54, 1.807) is 31.3 Å². The van der Waals surface area contributed by atoms with Gasteiger partial charge < -0.3 is 10.2 Å². The third-order valence-electron chi connectivity index (χ3n) is 5.37. The van der Waals surface area contributed by atoms with Gasteiger partial charge >= 0.3 is 0 Å². The van der Waals surface area contributed by atoms with E-state index >= 15 is 0 Å². The summed E-state index contributed by atoms with van der Waals surface area (Å²) in [6.45, 7) is 5.04. The fraction of sp³-hybridized carbons (Fsp3) is 0.409. The van der Waals surface area contributed by atoms with E-state index in [2.05, 4.69) is 12.2 Å². The number of nitrogens with zero attached hydrogens (tertiary/aromatic N) is 1. The number of carbonyl (C=O) groups excluding carboxylic acids is 1. The summed E-state index contributed by atoms with van der Waals surface area (Å²) in [5.41, 5.74) is 1.54. The van der Waals surface area contributed by atoms with E-state index in [1.165, 1.54) is 15.6 Å². The summed E-state index contributed by atoms with van der Waals surface area (Å²) in [6.07, 6.45) is 2.40. The number of likely N-dealkylation sites (tertiary alicyclic amines) is 1. The van der Waals surface area contributed by atoms with Crippen LogP contribution in [0.15, 0.2) is 59.5 Å². The van der Waals surface area contributed by atoms with Crippen molar-refractivity contribution in [3.63, 3.8) is 0 Å². The summed E-state index contributed by atoms with van der Waals surface area (Å²) in [5.74, 6) is 0.620. The molecule has 0 aromatic heterocycles. The molecule has 1 aliphatic rings. The van der Waals surface area contributed by atoms with E-state index in [1.807, 2.05) is 30.3 Å². The lowest BCUT2D eigenvalue weighted by atomic mass is 10.0. The van der Waals surface area contributed by atoms with Gasteiger partial charge in [0.05, 0.1) is 18.0 Å². The van der Waals surface area contributed by atoms with Gasteiger partial charge in [0.2, 0.25) is 10.0 Å². The third kappa shape index (κ3) is 5.88. The topological polar surface area (TPSA) is 70.9 Å². The van der Waals surface area contributed by atoms with Crippen molar-refractivity contribution >= 4 is 21.6 Å². The summed E-state index contributed by atoms with van der Waals surface area (Å²) < 4.78 is 26.9. The normalized spacial score (nSPS) is 19.8. The van der Waals surface area contributed by atoms with E-state index in [9.17, 15) is 13.2 Å². The van der Waals surface area contributed by atoms with Crippen molar-refractivity contribution in [1.29, 1.82) is 0 Å². The van der Waals surface area contributed by atoms with Gasteiger partial charge in [-0.05, 0) is 42.7 Å². The minimum absolute atomic E-state index is 0.0362. The smallest absolute Gasteiger partial charge is 0.279 e. The molecule has 0 radical (unpaired) electrons. The molecular weight excluding hydrogens is 386 g/mol. The van der Waals surface area contributed by atoms with Gasteiger partial charge in [0, 0.05) is 25.2 Å². The molecule has 2 N–H and O–H groups in total. The van der Waals surface area contributed by atoms with Crippen molar-refractivity contribution in [3.8, 4) is 0 Å². The van der Waals surface area contributed by atoms with Crippen LogP contribution in [-0.4, -0.2) is 45.3 Å². The number of sulfonamides is 1. The Balaban J connectivity index is 1.59. The van der Waals surface area contributed by atoms with Crippen LogP contribution in [0.1, 0.15) is 25.3 Å². The van der Waals surface area contributed by atoms with Crippen LogP contribution in [0, 0.1) is 5.92 Å². The molecule has 1 heterocycles. The van der Waals surface area contributed by atoms with Crippen LogP contribution in [0.3, 0.4) is 0 Å². The minimum atomic E-state index is -3.59. The number of hydrogen-bond acceptors (Lipinski definition) is 3. The Kier molecular flexibility index (Phi) is 7.05. The highest BCUT2D eigenvalue weighted by atomic mass is 32.2. The lowest BCUT2D eigenvalue weighted by molar-refractivity contribution is -0.900. The Hall–Kier alpha value is -2.22. The van der Waals surface area contributed by atoms with Crippen LogP contribution in [0.4, 0.5) is 5.69 Å². The lowest BCUT2D eigenvalue weighted by Gasteiger charge is -2.27. The molecule has 0 bridgehead atoms. The highest BCUT2D eigenvalue weighted by Gasteiger charge is 2.23. The first-order valence-corrected chi connectivity index (χ1v) is 11.5. The van der Waals surface area contributed by atoms with Crippen LogP contribution >= 0.6 is 0 Å². The van der Waals surface area contributed by atoms with Crippen molar-refractivity contribution in [2.24, 2.45) is 5.92 Å². The number of anilines is 1. The largest absolute Gasteiger partial charge is 0.327 e. The van der Waals surface area contributed by atoms with Gasteiger partial charge in [-0.3, -0.25) is 4.79 Å². The second kappa shape index (κ2) is 9.52. The number of piperidine rings is 1. The summed E-state index contributed by atoms with van der Waals surface area (Å²) in [6, 6.07) is 15.9. The Bertz CT molecular complexity index is 914. The molecule has 29 heavy (non-hydrogen) atoms. The van der Waals surface area contributed by atoms with Gasteiger partial charge in [0.15, 0.2) is 6.54 Å². The van der Waals surface area contributed by atoms with Gasteiger partial charge in [-0.25, -0.2) is 8.42 Å². The molecule has 2 aromatic rings. The summed E-state index contributed by atoms with van der Waals surface area (Å²) in [4.78, 5) is 13.8. The zero-order valence-electron chi connectivity index (χ0n) is 17.1. The number of quaternary nitrogens is 1. The first-order valence-electron chi connectivity index (χ1n) is 10.1. The molecule has 0 spiro atoms. The number of benzene rings is 2. The molecule has 7 heteroatoms. The van der Waals surface area contributed by atoms with E-state index in [-0.39, 0.29) is 10.8 Å². The molecule has 1 amide bonds. The van der Waals surface area contributed by atoms with Crippen LogP contribution in [0.2, 0.25) is 0 Å². The second-order valence-corrected chi connectivity index (χ2v) is 9.99. The molecule has 2 aromatic carbocycles. The maximum Gasteiger partial charge on any atom is 0.279 e. The molecule has 1 saturated heterocycles. The van der Waals surface area contributed by atoms with Crippen LogP contribution in [-0.2, 0) is 21.4 Å². The monoisotopic (exact) mass is 416 g/mol. The van der Waals surface area contributed by atoms with E-state index in [0.29, 0.717) is 24.7 Å². The van der Waals surface area contributed by atoms with Crippen molar-refractivity contribution in [2.75, 3.05) is 32.0 Å². The standard InChI is InChI=1S/C22H29N3O3S/c1-18-7-6-14-25(15-18)17-22(26)23-20-10-12-21(13-11-20)29(27,28)24(2)16-19-8-4-3-5-9-19/h3-5,8-13,18H,6-7,14-17H2,1-2H3,(H,23,26)/p+1/t18-/m1/s1. The molecule has 1 fully saturated rings. The molecule has 2 atom stereocenters. The summed E-state index contributed by atoms with van der Waals surface area (Å²) >= 11 is 0. The highest BCUT2D eigenvalue weighted by Crippen LogP contribution is 2.19. The lowest BCUT2D eigenvalue weighted by Crippen LogP contribution is -3.14. The highest BCUT2D eigenvalue weighted by molar-refractivity contribution is 7.89. The predicted octanol–water partition coefficient (Wildman–Crippen LogP) is 1.76. The maximum absolute atomic E-state index is 12.8. The Morgan fingerprint density at radius 3 is 2.48 bits per heavy atom. The fourth-order valence-corrected chi connectivity index (χ4v) is 4.96. The van der Waals surface area contributed by atoms with Gasteiger partial charge in [-0.2, -0.15) is 4.31 Å². The quantitative estimate of drug-likeness (QED) is 0.723. The number of nitrogens with one attached hydrogen (secondary N) is 2. The number of carbonyl (C=O) groups is 1. The molecule has 0 aliphatic carbocycles. The molecule has 6 nitrogen and oxygen atoms in total. The number of hydrogen-bond donors (Lipinski definition) is 2. The van der Waals surface area contributed by atoms with Crippen LogP contribution in [0.25, 0.3) is 0 Å². The van der Waals surface area contributed by atoms with Crippen molar-refractivity contribution < 1.29 is 18.1 Å². The maximum atomic E-state index is 12.8. The first-order chi connectivity index (χ1) is 13.8. The van der Waals surface area contributed by atoms with E-state index in [4.69, 9.17) is 0 Å². The Morgan fingerprint density at radius 1 is 1.14 bits per heavy atom. The molecule has 1 aliphatic heterocycles. The Labute approximate surface area is 173 Å². The molecule has 156 valence electrons. The van der Waals surface area contributed by atoms with Gasteiger partial charge in [0.25, 0.3) is 5.91 Å². The van der Waals surface area contributed by atoms with Gasteiger partial charge in [0.1, 0.15) is 0 Å². The van der Waals surface area contributed by atoms with E-state index in [0.717, 1.165) is 25.1 Å². The van der Waals surface area contributed by atoms with Crippen LogP contribution in [0.5, 0.6) is 0 Å². The summed E-state index contributed by atoms with van der Waals surface area (Å²) in [7, 11) is -2.02. The zero-order chi connectivity index (χ0) is 20.9. The predicted molar refractivity (Wildman–Crippen MR) is 114 cm³/mol. The van der Waals surface area contributed by atoms with Crippen molar-refractivity contribution in [3.05, 3.63) is 60.2 Å². The number of rotatable bonds is 7. The second-order valence-electron chi connectivity index (χ2n) is 7.95. The average molecular weight is 417 g/mol. The minimum Gasteiger partial charge on any atom is -0.327 e. The molecule has 1 unspecified atom stereocenters. The first kappa shape index (κ1) is 21.5. The van der Waals surface area contributed by atoms with Gasteiger partial charge in [-0.1, -0.05) is 37.3 Å². The van der Waals surface area contributed by atoms with E-state index < -0.39 is 10.0 Å². The third-order valence-corrected chi connectivity index (χ3v) is 7.19. The van der Waals surface area contributed by atoms with Crippen molar-refractivity contribution in [2.45, 2.75) is 31.2 Å². The molecule has 0 saturated carbocycles. The summed E-state index contributed by atoms with van der Waals surface area (Å²) in [5, 5.41) is 2.88. The Morgan fingerprint density at radius 2 is 1.83 bits per heavy atom. The van der Waals surface area contributed by atoms with Crippen molar-refractivity contribution in [1.82, 2.24) is 4.31 Å². The fourth-order valence-electron chi connectivity index (χ4n) is 3.81. The molecule has 3 rings (SSSR count). The zero-order valence-corrected chi connectivity index (χ0v) is 17.9.